The number of primary amides is 1. The molecule has 0 aromatic carbocycles. The van der Waals surface area contributed by atoms with Gasteiger partial charge in [0.25, 0.3) is 5.91 Å². The summed E-state index contributed by atoms with van der Waals surface area (Å²) >= 11 is 0. The van der Waals surface area contributed by atoms with Gasteiger partial charge < -0.3 is 30.9 Å². The van der Waals surface area contributed by atoms with Gasteiger partial charge in [-0.1, -0.05) is 74.7 Å². The van der Waals surface area contributed by atoms with Gasteiger partial charge in [0.2, 0.25) is 17.6 Å². The summed E-state index contributed by atoms with van der Waals surface area (Å²) in [7, 11) is 0. The number of nitrogens with one attached hydrogen (secondary N) is 2. The predicted octanol–water partition coefficient (Wildman–Crippen LogP) is 2.46. The third-order valence-electron chi connectivity index (χ3n) is 10.4. The van der Waals surface area contributed by atoms with E-state index in [0.717, 1.165) is 25.7 Å². The normalized spacial score (nSPS) is 27.3. The molecule has 4 aliphatic rings. The van der Waals surface area contributed by atoms with Crippen LogP contribution in [0.15, 0.2) is 0 Å². The van der Waals surface area contributed by atoms with Crippen LogP contribution in [0.5, 0.6) is 0 Å². The third-order valence-corrected chi connectivity index (χ3v) is 10.4. The Morgan fingerprint density at radius 1 is 1.05 bits per heavy atom. The summed E-state index contributed by atoms with van der Waals surface area (Å²) in [5, 5.41) is 6.47. The van der Waals surface area contributed by atoms with E-state index in [-0.39, 0.29) is 46.6 Å². The molecule has 0 spiro atoms. The van der Waals surface area contributed by atoms with E-state index < -0.39 is 41.1 Å². The van der Waals surface area contributed by atoms with Crippen LogP contribution in [-0.4, -0.2) is 89.8 Å². The van der Waals surface area contributed by atoms with Gasteiger partial charge in [0.15, 0.2) is 0 Å². The van der Waals surface area contributed by atoms with E-state index in [1.165, 1.54) is 0 Å². The van der Waals surface area contributed by atoms with Crippen LogP contribution in [0.25, 0.3) is 0 Å². The maximum atomic E-state index is 14.5. The van der Waals surface area contributed by atoms with Crippen molar-refractivity contribution in [1.82, 2.24) is 20.4 Å². The van der Waals surface area contributed by atoms with Gasteiger partial charge in [0, 0.05) is 25.7 Å². The lowest BCUT2D eigenvalue weighted by molar-refractivity contribution is -0.145. The fourth-order valence-corrected chi connectivity index (χ4v) is 7.15. The minimum Gasteiger partial charge on any atom is -0.449 e. The molecule has 11 nitrogen and oxygen atoms in total. The second-order valence-corrected chi connectivity index (χ2v) is 16.0. The van der Waals surface area contributed by atoms with Crippen molar-refractivity contribution in [1.29, 1.82) is 0 Å². The number of Topliss-reactive ketones (excluding diaryl/α,β-unsaturated/α-hetero) is 1. The van der Waals surface area contributed by atoms with Crippen LogP contribution in [0.1, 0.15) is 87.5 Å². The van der Waals surface area contributed by atoms with Gasteiger partial charge in [-0.3, -0.25) is 19.2 Å². The number of rotatable bonds is 11. The molecule has 0 aromatic heterocycles. The number of carbonyl (C=O) groups is 5. The Morgan fingerprint density at radius 2 is 1.70 bits per heavy atom. The molecule has 0 bridgehead atoms. The number of likely N-dealkylation sites (tertiary alicyclic amines) is 1. The Bertz CT molecular complexity index is 1120. The molecule has 242 valence electrons. The highest BCUT2D eigenvalue weighted by atomic mass is 16.6. The van der Waals surface area contributed by atoms with Crippen LogP contribution >= 0.6 is 0 Å². The molecule has 1 unspecified atom stereocenters. The lowest BCUT2D eigenvalue weighted by Crippen LogP contribution is -2.63. The van der Waals surface area contributed by atoms with Crippen LogP contribution in [0.2, 0.25) is 0 Å². The molecule has 4 fully saturated rings. The van der Waals surface area contributed by atoms with Crippen molar-refractivity contribution in [3.8, 4) is 0 Å². The van der Waals surface area contributed by atoms with E-state index in [9.17, 15) is 24.0 Å². The van der Waals surface area contributed by atoms with Gasteiger partial charge in [-0.25, -0.2) is 4.79 Å². The zero-order valence-corrected chi connectivity index (χ0v) is 27.3. The molecule has 6 atom stereocenters. The molecule has 2 saturated carbocycles. The number of piperidine rings is 1. The van der Waals surface area contributed by atoms with Crippen molar-refractivity contribution in [2.24, 2.45) is 39.7 Å². The van der Waals surface area contributed by atoms with Crippen LogP contribution < -0.4 is 16.4 Å². The monoisotopic (exact) mass is 603 g/mol. The smallest absolute Gasteiger partial charge is 0.409 e. The number of fused-ring (bicyclic) bond motifs is 1. The number of cyclic esters (lactones) is 1. The Hall–Kier alpha value is -2.69. The number of nitrogens with two attached hydrogens (primary N) is 1. The fraction of sp³-hybridized carbons (Fsp3) is 0.844. The maximum Gasteiger partial charge on any atom is 0.409 e. The SMILES string of the molecule is CC(C)(C)[C@H](N[C@H](CN1CCCOC1=O)C(C)(C)C)C(=O)N1C[C@H]2[C@@H]([C@H]1C(=O)NC(CC1CCC1)C(=O)C(N)=O)C2(C)C. The van der Waals surface area contributed by atoms with Crippen LogP contribution in [0, 0.1) is 34.0 Å². The first-order valence-electron chi connectivity index (χ1n) is 16.0. The Labute approximate surface area is 256 Å². The molecule has 4 amide bonds. The fourth-order valence-electron chi connectivity index (χ4n) is 7.15. The molecule has 2 aliphatic heterocycles. The standard InChI is InChI=1S/C32H53N5O6/c1-30(2,3)21(17-36-13-10-14-43-29(36)42)35-25(31(4,5)6)28(41)37-16-19-22(32(19,7)8)23(37)27(40)34-20(24(38)26(33)39)15-18-11-9-12-18/h18-23,25,35H,9-17H2,1-8H3,(H2,33,39)(H,34,40)/t19-,20?,21+,22-,23-,25+/m0/s1. The van der Waals surface area contributed by atoms with Gasteiger partial charge in [-0.15, -0.1) is 0 Å². The summed E-state index contributed by atoms with van der Waals surface area (Å²) in [6.07, 6.45) is 3.76. The molecule has 4 rings (SSSR count). The van der Waals surface area contributed by atoms with Gasteiger partial charge in [0.05, 0.1) is 18.7 Å². The quantitative estimate of drug-likeness (QED) is 0.307. The highest BCUT2D eigenvalue weighted by Crippen LogP contribution is 2.65. The summed E-state index contributed by atoms with van der Waals surface area (Å²) in [6.45, 7) is 18.3. The lowest BCUT2D eigenvalue weighted by atomic mass is 9.80. The second-order valence-electron chi connectivity index (χ2n) is 16.0. The first-order valence-corrected chi connectivity index (χ1v) is 16.0. The molecular weight excluding hydrogens is 550 g/mol. The van der Waals surface area contributed by atoms with Gasteiger partial charge in [0.1, 0.15) is 6.04 Å². The van der Waals surface area contributed by atoms with Gasteiger partial charge in [-0.2, -0.15) is 0 Å². The summed E-state index contributed by atoms with van der Waals surface area (Å²) in [6, 6.07) is -2.62. The summed E-state index contributed by atoms with van der Waals surface area (Å²) in [5.41, 5.74) is 4.43. The van der Waals surface area contributed by atoms with E-state index in [1.807, 2.05) is 20.8 Å². The third kappa shape index (κ3) is 7.02. The van der Waals surface area contributed by atoms with Crippen molar-refractivity contribution in [2.45, 2.75) is 112 Å². The minimum atomic E-state index is -1.06. The molecule has 2 saturated heterocycles. The Balaban J connectivity index is 1.57. The molecule has 2 aliphatic carbocycles. The molecule has 11 heteroatoms. The average molecular weight is 604 g/mol. The first kappa shape index (κ1) is 33.2. The lowest BCUT2D eigenvalue weighted by Gasteiger charge is -2.43. The molecular formula is C32H53N5O6. The highest BCUT2D eigenvalue weighted by Gasteiger charge is 2.70. The zero-order chi connectivity index (χ0) is 32.1. The van der Waals surface area contributed by atoms with Crippen LogP contribution in [0.4, 0.5) is 4.79 Å². The van der Waals surface area contributed by atoms with Crippen molar-refractivity contribution in [3.63, 3.8) is 0 Å². The van der Waals surface area contributed by atoms with Crippen molar-refractivity contribution >= 4 is 29.6 Å². The summed E-state index contributed by atoms with van der Waals surface area (Å²) in [4.78, 5) is 68.9. The van der Waals surface area contributed by atoms with E-state index in [4.69, 9.17) is 10.5 Å². The Kier molecular flexibility index (Phi) is 9.27. The zero-order valence-electron chi connectivity index (χ0n) is 27.3. The minimum absolute atomic E-state index is 0.0494. The topological polar surface area (TPSA) is 151 Å². The van der Waals surface area contributed by atoms with Crippen molar-refractivity contribution < 1.29 is 28.7 Å². The van der Waals surface area contributed by atoms with E-state index in [1.54, 1.807) is 9.80 Å². The number of hydrogen-bond acceptors (Lipinski definition) is 7. The first-order chi connectivity index (χ1) is 19.8. The number of hydrogen-bond donors (Lipinski definition) is 3. The Morgan fingerprint density at radius 3 is 2.21 bits per heavy atom. The van der Waals surface area contributed by atoms with Gasteiger partial charge >= 0.3 is 6.09 Å². The van der Waals surface area contributed by atoms with Crippen LogP contribution in [-0.2, 0) is 23.9 Å². The van der Waals surface area contributed by atoms with E-state index in [0.29, 0.717) is 32.7 Å². The number of carbonyl (C=O) groups excluding carboxylic acids is 5. The highest BCUT2D eigenvalue weighted by molar-refractivity contribution is 6.37. The van der Waals surface area contributed by atoms with E-state index >= 15 is 0 Å². The molecule has 0 aromatic rings. The van der Waals surface area contributed by atoms with E-state index in [2.05, 4.69) is 45.3 Å². The molecule has 2 heterocycles. The molecule has 4 N–H and O–H groups in total. The van der Waals surface area contributed by atoms with Gasteiger partial charge in [-0.05, 0) is 46.8 Å². The molecule has 0 radical (unpaired) electrons. The number of amides is 4. The van der Waals surface area contributed by atoms with Crippen LogP contribution in [0.3, 0.4) is 0 Å². The average Bonchev–Trinajstić information content (AvgIpc) is 3.19. The molecule has 43 heavy (non-hydrogen) atoms. The number of ketones is 1. The predicted molar refractivity (Wildman–Crippen MR) is 162 cm³/mol. The van der Waals surface area contributed by atoms with Crippen molar-refractivity contribution in [3.05, 3.63) is 0 Å². The number of ether oxygens (including phenoxy) is 1. The number of nitrogens with zero attached hydrogens (tertiary/aromatic N) is 2. The second kappa shape index (κ2) is 12.0. The largest absolute Gasteiger partial charge is 0.449 e. The summed E-state index contributed by atoms with van der Waals surface area (Å²) in [5.74, 6) is -2.05. The maximum absolute atomic E-state index is 14.5. The van der Waals surface area contributed by atoms with Crippen molar-refractivity contribution in [2.75, 3.05) is 26.2 Å². The summed E-state index contributed by atoms with van der Waals surface area (Å²) < 4.78 is 5.27.